The number of hydrogen-bond acceptors (Lipinski definition) is 4. The molecule has 0 spiro atoms. The van der Waals surface area contributed by atoms with Crippen LogP contribution < -0.4 is 4.74 Å². The Labute approximate surface area is 116 Å². The highest BCUT2D eigenvalue weighted by Gasteiger charge is 2.18. The molecule has 2 rings (SSSR count). The van der Waals surface area contributed by atoms with Gasteiger partial charge >= 0.3 is 0 Å². The highest BCUT2D eigenvalue weighted by molar-refractivity contribution is 5.28. The average molecular weight is 263 g/mol. The van der Waals surface area contributed by atoms with Crippen molar-refractivity contribution in [3.05, 3.63) is 23.4 Å². The first-order valence-electron chi connectivity index (χ1n) is 7.06. The molecule has 0 atom stereocenters. The van der Waals surface area contributed by atoms with Gasteiger partial charge in [-0.2, -0.15) is 0 Å². The van der Waals surface area contributed by atoms with Crippen molar-refractivity contribution in [2.24, 2.45) is 0 Å². The van der Waals surface area contributed by atoms with Crippen molar-refractivity contribution in [2.45, 2.75) is 33.4 Å². The molecule has 0 aromatic carbocycles. The molecule has 0 bridgehead atoms. The van der Waals surface area contributed by atoms with E-state index in [1.807, 2.05) is 13.1 Å². The molecule has 106 valence electrons. The second kappa shape index (κ2) is 6.35. The molecule has 2 heterocycles. The second-order valence-electron chi connectivity index (χ2n) is 5.58. The van der Waals surface area contributed by atoms with E-state index in [1.165, 1.54) is 18.7 Å². The van der Waals surface area contributed by atoms with Gasteiger partial charge in [-0.05, 0) is 32.4 Å². The zero-order chi connectivity index (χ0) is 13.8. The zero-order valence-corrected chi connectivity index (χ0v) is 12.5. The third-order valence-electron chi connectivity index (χ3n) is 3.82. The number of aromatic nitrogens is 1. The Morgan fingerprint density at radius 1 is 1.26 bits per heavy atom. The van der Waals surface area contributed by atoms with Crippen molar-refractivity contribution in [1.82, 2.24) is 14.8 Å². The number of hydrogen-bond donors (Lipinski definition) is 0. The summed E-state index contributed by atoms with van der Waals surface area (Å²) in [5.41, 5.74) is 2.39. The number of methoxy groups -OCH3 is 1. The Bertz CT molecular complexity index is 412. The minimum absolute atomic E-state index is 0.659. The standard InChI is InChI=1S/C15H25N3O/c1-12(2)18-7-5-17(6-8-18)11-14-9-13(3)15(19-4)16-10-14/h9-10,12H,5-8,11H2,1-4H3. The molecule has 4 heteroatoms. The molecule has 1 fully saturated rings. The first-order chi connectivity index (χ1) is 9.10. The van der Waals surface area contributed by atoms with Gasteiger partial charge in [0.2, 0.25) is 5.88 Å². The van der Waals surface area contributed by atoms with Gasteiger partial charge in [0.25, 0.3) is 0 Å². The fourth-order valence-corrected chi connectivity index (χ4v) is 2.62. The number of ether oxygens (including phenoxy) is 1. The van der Waals surface area contributed by atoms with Gasteiger partial charge in [-0.15, -0.1) is 0 Å². The van der Waals surface area contributed by atoms with E-state index in [0.717, 1.165) is 31.1 Å². The molecule has 0 amide bonds. The number of pyridine rings is 1. The fraction of sp³-hybridized carbons (Fsp3) is 0.667. The molecule has 0 unspecified atom stereocenters. The van der Waals surface area contributed by atoms with Gasteiger partial charge in [-0.1, -0.05) is 0 Å². The second-order valence-corrected chi connectivity index (χ2v) is 5.58. The van der Waals surface area contributed by atoms with E-state index in [1.54, 1.807) is 7.11 Å². The maximum Gasteiger partial charge on any atom is 0.215 e. The molecule has 1 aliphatic rings. The van der Waals surface area contributed by atoms with Crippen molar-refractivity contribution in [3.8, 4) is 5.88 Å². The molecular formula is C15H25N3O. The first-order valence-corrected chi connectivity index (χ1v) is 7.06. The Hall–Kier alpha value is -1.13. The molecule has 1 aliphatic heterocycles. The van der Waals surface area contributed by atoms with Crippen LogP contribution in [0.5, 0.6) is 5.88 Å². The van der Waals surface area contributed by atoms with Gasteiger partial charge < -0.3 is 4.74 Å². The van der Waals surface area contributed by atoms with Crippen LogP contribution in [-0.2, 0) is 6.54 Å². The predicted molar refractivity (Wildman–Crippen MR) is 77.5 cm³/mol. The summed E-state index contributed by atoms with van der Waals surface area (Å²) in [5.74, 6) is 0.730. The highest BCUT2D eigenvalue weighted by Crippen LogP contribution is 2.16. The van der Waals surface area contributed by atoms with E-state index in [-0.39, 0.29) is 0 Å². The quantitative estimate of drug-likeness (QED) is 0.830. The molecule has 1 aromatic heterocycles. The topological polar surface area (TPSA) is 28.6 Å². The molecule has 0 radical (unpaired) electrons. The van der Waals surface area contributed by atoms with E-state index in [2.05, 4.69) is 34.7 Å². The summed E-state index contributed by atoms with van der Waals surface area (Å²) in [6.45, 7) is 12.2. The molecule has 1 saturated heterocycles. The largest absolute Gasteiger partial charge is 0.481 e. The zero-order valence-electron chi connectivity index (χ0n) is 12.5. The molecule has 19 heavy (non-hydrogen) atoms. The molecular weight excluding hydrogens is 238 g/mol. The van der Waals surface area contributed by atoms with Crippen LogP contribution in [0, 0.1) is 6.92 Å². The van der Waals surface area contributed by atoms with Crippen LogP contribution in [0.1, 0.15) is 25.0 Å². The molecule has 0 aliphatic carbocycles. The first kappa shape index (κ1) is 14.3. The molecule has 4 nitrogen and oxygen atoms in total. The van der Waals surface area contributed by atoms with Crippen molar-refractivity contribution < 1.29 is 4.74 Å². The number of piperazine rings is 1. The Morgan fingerprint density at radius 2 is 1.95 bits per heavy atom. The van der Waals surface area contributed by atoms with Crippen LogP contribution in [0.2, 0.25) is 0 Å². The molecule has 0 N–H and O–H groups in total. The molecule has 1 aromatic rings. The smallest absolute Gasteiger partial charge is 0.215 e. The van der Waals surface area contributed by atoms with E-state index < -0.39 is 0 Å². The summed E-state index contributed by atoms with van der Waals surface area (Å²) in [5, 5.41) is 0. The van der Waals surface area contributed by atoms with E-state index in [0.29, 0.717) is 6.04 Å². The Morgan fingerprint density at radius 3 is 2.47 bits per heavy atom. The lowest BCUT2D eigenvalue weighted by atomic mass is 10.2. The maximum atomic E-state index is 5.20. The van der Waals surface area contributed by atoms with Crippen LogP contribution in [-0.4, -0.2) is 54.1 Å². The minimum Gasteiger partial charge on any atom is -0.481 e. The maximum absolute atomic E-state index is 5.20. The monoisotopic (exact) mass is 263 g/mol. The van der Waals surface area contributed by atoms with Gasteiger partial charge in [0, 0.05) is 50.5 Å². The van der Waals surface area contributed by atoms with Crippen LogP contribution >= 0.6 is 0 Å². The van der Waals surface area contributed by atoms with Crippen molar-refractivity contribution in [3.63, 3.8) is 0 Å². The van der Waals surface area contributed by atoms with E-state index in [9.17, 15) is 0 Å². The summed E-state index contributed by atoms with van der Waals surface area (Å²) in [6, 6.07) is 2.84. The van der Waals surface area contributed by atoms with Crippen LogP contribution in [0.3, 0.4) is 0 Å². The van der Waals surface area contributed by atoms with Gasteiger partial charge in [0.1, 0.15) is 0 Å². The van der Waals surface area contributed by atoms with Crippen LogP contribution in [0.25, 0.3) is 0 Å². The van der Waals surface area contributed by atoms with Crippen LogP contribution in [0.4, 0.5) is 0 Å². The third kappa shape index (κ3) is 3.67. The predicted octanol–water partition coefficient (Wildman–Crippen LogP) is 1.92. The van der Waals surface area contributed by atoms with Gasteiger partial charge in [-0.25, -0.2) is 4.98 Å². The number of rotatable bonds is 4. The van der Waals surface area contributed by atoms with Crippen LogP contribution in [0.15, 0.2) is 12.3 Å². The normalized spacial score (nSPS) is 17.9. The lowest BCUT2D eigenvalue weighted by molar-refractivity contribution is 0.104. The highest BCUT2D eigenvalue weighted by atomic mass is 16.5. The fourth-order valence-electron chi connectivity index (χ4n) is 2.62. The van der Waals surface area contributed by atoms with Crippen molar-refractivity contribution in [2.75, 3.05) is 33.3 Å². The minimum atomic E-state index is 0.659. The summed E-state index contributed by atoms with van der Waals surface area (Å²) in [7, 11) is 1.67. The van der Waals surface area contributed by atoms with Gasteiger partial charge in [0.05, 0.1) is 7.11 Å². The number of aryl methyl sites for hydroxylation is 1. The van der Waals surface area contributed by atoms with Crippen molar-refractivity contribution in [1.29, 1.82) is 0 Å². The third-order valence-corrected chi connectivity index (χ3v) is 3.82. The summed E-state index contributed by atoms with van der Waals surface area (Å²) in [6.07, 6.45) is 1.93. The summed E-state index contributed by atoms with van der Waals surface area (Å²) >= 11 is 0. The van der Waals surface area contributed by atoms with Gasteiger partial charge in [-0.3, -0.25) is 9.80 Å². The lowest BCUT2D eigenvalue weighted by Crippen LogP contribution is -2.48. The molecule has 0 saturated carbocycles. The summed E-state index contributed by atoms with van der Waals surface area (Å²) < 4.78 is 5.20. The Kier molecular flexibility index (Phi) is 4.77. The van der Waals surface area contributed by atoms with E-state index in [4.69, 9.17) is 4.74 Å². The number of nitrogens with zero attached hydrogens (tertiary/aromatic N) is 3. The average Bonchev–Trinajstić information content (AvgIpc) is 2.39. The van der Waals surface area contributed by atoms with Crippen molar-refractivity contribution >= 4 is 0 Å². The summed E-state index contributed by atoms with van der Waals surface area (Å²) in [4.78, 5) is 9.38. The Balaban J connectivity index is 1.90. The van der Waals surface area contributed by atoms with Gasteiger partial charge in [0.15, 0.2) is 0 Å². The van der Waals surface area contributed by atoms with E-state index >= 15 is 0 Å². The lowest BCUT2D eigenvalue weighted by Gasteiger charge is -2.36. The SMILES string of the molecule is COc1ncc(CN2CCN(C(C)C)CC2)cc1C.